The Morgan fingerprint density at radius 3 is 2.77 bits per heavy atom. The van der Waals surface area contributed by atoms with E-state index in [1.807, 2.05) is 0 Å². The molecule has 1 N–H and O–H groups in total. The molecule has 0 heterocycles. The van der Waals surface area contributed by atoms with Gasteiger partial charge in [-0.15, -0.1) is 0 Å². The van der Waals surface area contributed by atoms with Crippen molar-refractivity contribution in [3.8, 4) is 0 Å². The largest absolute Gasteiger partial charge is 0.388 e. The highest BCUT2D eigenvalue weighted by Gasteiger charge is 2.24. The van der Waals surface area contributed by atoms with Crippen LogP contribution < -0.4 is 0 Å². The smallest absolute Gasteiger partial charge is 0.0773 e. The van der Waals surface area contributed by atoms with E-state index in [9.17, 15) is 5.11 Å². The average molecular weight is 182 g/mol. The number of rotatable bonds is 3. The molecule has 1 rings (SSSR count). The Morgan fingerprint density at radius 1 is 1.54 bits per heavy atom. The Bertz CT molecular complexity index is 184. The lowest BCUT2D eigenvalue weighted by atomic mass is 9.80. The van der Waals surface area contributed by atoms with Crippen LogP contribution >= 0.6 is 0 Å². The number of unbranched alkanes of at least 4 members (excludes halogenated alkanes) is 1. The second kappa shape index (κ2) is 4.80. The first kappa shape index (κ1) is 10.8. The Hall–Kier alpha value is -0.300. The number of allylic oxidation sites excluding steroid dienone is 1. The molecule has 76 valence electrons. The van der Waals surface area contributed by atoms with Gasteiger partial charge in [-0.2, -0.15) is 0 Å². The van der Waals surface area contributed by atoms with Crippen LogP contribution in [0.3, 0.4) is 0 Å². The van der Waals surface area contributed by atoms with Gasteiger partial charge in [-0.1, -0.05) is 32.8 Å². The molecule has 1 aliphatic rings. The highest BCUT2D eigenvalue weighted by atomic mass is 16.3. The second-order valence-corrected chi connectivity index (χ2v) is 4.47. The van der Waals surface area contributed by atoms with Gasteiger partial charge < -0.3 is 5.11 Å². The minimum absolute atomic E-state index is 0.183. The van der Waals surface area contributed by atoms with Gasteiger partial charge in [0, 0.05) is 0 Å². The van der Waals surface area contributed by atoms with Crippen LogP contribution in [0.15, 0.2) is 11.6 Å². The fraction of sp³-hybridized carbons (Fsp3) is 0.833. The van der Waals surface area contributed by atoms with Gasteiger partial charge in [-0.3, -0.25) is 0 Å². The van der Waals surface area contributed by atoms with Crippen molar-refractivity contribution in [1.82, 2.24) is 0 Å². The maximum Gasteiger partial charge on any atom is 0.0773 e. The van der Waals surface area contributed by atoms with Crippen molar-refractivity contribution in [2.75, 3.05) is 0 Å². The lowest BCUT2D eigenvalue weighted by Crippen LogP contribution is -2.26. The highest BCUT2D eigenvalue weighted by Crippen LogP contribution is 2.30. The first-order valence-electron chi connectivity index (χ1n) is 5.51. The van der Waals surface area contributed by atoms with Crippen molar-refractivity contribution in [3.63, 3.8) is 0 Å². The third kappa shape index (κ3) is 2.84. The van der Waals surface area contributed by atoms with Crippen LogP contribution in [0, 0.1) is 11.8 Å². The van der Waals surface area contributed by atoms with Crippen molar-refractivity contribution >= 4 is 0 Å². The molecule has 0 amide bonds. The Morgan fingerprint density at radius 2 is 2.23 bits per heavy atom. The average Bonchev–Trinajstić information content (AvgIpc) is 2.10. The molecule has 0 spiro atoms. The Balaban J connectivity index is 2.50. The minimum Gasteiger partial charge on any atom is -0.388 e. The summed E-state index contributed by atoms with van der Waals surface area (Å²) in [5, 5.41) is 9.72. The van der Waals surface area contributed by atoms with E-state index in [1.54, 1.807) is 0 Å². The molecule has 0 saturated heterocycles. The molecule has 1 aliphatic carbocycles. The van der Waals surface area contributed by atoms with Crippen molar-refractivity contribution < 1.29 is 5.11 Å². The third-order valence-corrected chi connectivity index (χ3v) is 3.11. The van der Waals surface area contributed by atoms with E-state index < -0.39 is 0 Å². The predicted octanol–water partition coefficient (Wildman–Crippen LogP) is 3.14. The predicted molar refractivity (Wildman–Crippen MR) is 56.6 cm³/mol. The van der Waals surface area contributed by atoms with E-state index in [0.29, 0.717) is 5.92 Å². The number of hydrogen-bond acceptors (Lipinski definition) is 1. The van der Waals surface area contributed by atoms with Crippen molar-refractivity contribution in [2.24, 2.45) is 11.8 Å². The van der Waals surface area contributed by atoms with E-state index in [2.05, 4.69) is 26.8 Å². The molecule has 0 aromatic rings. The first-order valence-corrected chi connectivity index (χ1v) is 5.51. The summed E-state index contributed by atoms with van der Waals surface area (Å²) in [6, 6.07) is 0. The molecule has 0 aromatic carbocycles. The van der Waals surface area contributed by atoms with Crippen LogP contribution in [0.4, 0.5) is 0 Å². The van der Waals surface area contributed by atoms with Gasteiger partial charge in [-0.25, -0.2) is 0 Å². The van der Waals surface area contributed by atoms with Crippen LogP contribution in [-0.2, 0) is 0 Å². The summed E-state index contributed by atoms with van der Waals surface area (Å²) in [6.45, 7) is 6.44. The highest BCUT2D eigenvalue weighted by molar-refractivity contribution is 5.12. The zero-order valence-electron chi connectivity index (χ0n) is 9.09. The molecule has 0 bridgehead atoms. The zero-order valence-corrected chi connectivity index (χ0v) is 9.09. The monoisotopic (exact) mass is 182 g/mol. The van der Waals surface area contributed by atoms with Crippen molar-refractivity contribution in [3.05, 3.63) is 11.6 Å². The molecule has 0 saturated carbocycles. The van der Waals surface area contributed by atoms with E-state index in [-0.39, 0.29) is 6.10 Å². The Labute approximate surface area is 81.9 Å². The van der Waals surface area contributed by atoms with Crippen LogP contribution in [0.2, 0.25) is 0 Å². The quantitative estimate of drug-likeness (QED) is 0.665. The maximum absolute atomic E-state index is 9.72. The molecular formula is C12H22O. The number of aliphatic hydroxyl groups is 1. The molecular weight excluding hydrogens is 160 g/mol. The summed E-state index contributed by atoms with van der Waals surface area (Å²) in [7, 11) is 0. The Kier molecular flexibility index (Phi) is 3.98. The SMILES string of the molecule is CCCCC1C=C(C)C(O)C(C)C1. The van der Waals surface area contributed by atoms with E-state index >= 15 is 0 Å². The molecule has 0 aliphatic heterocycles. The van der Waals surface area contributed by atoms with Crippen LogP contribution in [-0.4, -0.2) is 11.2 Å². The van der Waals surface area contributed by atoms with Gasteiger partial charge >= 0.3 is 0 Å². The third-order valence-electron chi connectivity index (χ3n) is 3.11. The molecule has 1 heteroatoms. The molecule has 13 heavy (non-hydrogen) atoms. The fourth-order valence-electron chi connectivity index (χ4n) is 2.26. The van der Waals surface area contributed by atoms with Gasteiger partial charge in [0.15, 0.2) is 0 Å². The lowest BCUT2D eigenvalue weighted by Gasteiger charge is -2.29. The van der Waals surface area contributed by atoms with Gasteiger partial charge in [0.1, 0.15) is 0 Å². The van der Waals surface area contributed by atoms with Crippen LogP contribution in [0.25, 0.3) is 0 Å². The normalized spacial score (nSPS) is 34.5. The summed E-state index contributed by atoms with van der Waals surface area (Å²) >= 11 is 0. The molecule has 0 radical (unpaired) electrons. The summed E-state index contributed by atoms with van der Waals surface area (Å²) in [6.07, 6.45) is 7.15. The number of aliphatic hydroxyl groups excluding tert-OH is 1. The van der Waals surface area contributed by atoms with Gasteiger partial charge in [0.2, 0.25) is 0 Å². The maximum atomic E-state index is 9.72. The summed E-state index contributed by atoms with van der Waals surface area (Å²) in [5.74, 6) is 1.17. The van der Waals surface area contributed by atoms with E-state index in [4.69, 9.17) is 0 Å². The second-order valence-electron chi connectivity index (χ2n) is 4.47. The summed E-state index contributed by atoms with van der Waals surface area (Å²) in [5.41, 5.74) is 1.18. The fourth-order valence-corrected chi connectivity index (χ4v) is 2.26. The molecule has 0 aromatic heterocycles. The van der Waals surface area contributed by atoms with Crippen molar-refractivity contribution in [1.29, 1.82) is 0 Å². The van der Waals surface area contributed by atoms with E-state index in [1.165, 1.54) is 31.3 Å². The van der Waals surface area contributed by atoms with Gasteiger partial charge in [0.25, 0.3) is 0 Å². The summed E-state index contributed by atoms with van der Waals surface area (Å²) in [4.78, 5) is 0. The number of hydrogen-bond donors (Lipinski definition) is 1. The topological polar surface area (TPSA) is 20.2 Å². The summed E-state index contributed by atoms with van der Waals surface area (Å²) < 4.78 is 0. The van der Waals surface area contributed by atoms with Crippen LogP contribution in [0.5, 0.6) is 0 Å². The van der Waals surface area contributed by atoms with Gasteiger partial charge in [-0.05, 0) is 37.2 Å². The van der Waals surface area contributed by atoms with Crippen molar-refractivity contribution in [2.45, 2.75) is 52.6 Å². The standard InChI is InChI=1S/C12H22O/c1-4-5-6-11-7-9(2)12(13)10(3)8-11/h7,10-13H,4-6,8H2,1-3H3. The van der Waals surface area contributed by atoms with E-state index in [0.717, 1.165) is 5.92 Å². The first-order chi connectivity index (χ1) is 6.15. The molecule has 0 fully saturated rings. The zero-order chi connectivity index (χ0) is 9.84. The molecule has 3 atom stereocenters. The van der Waals surface area contributed by atoms with Gasteiger partial charge in [0.05, 0.1) is 6.10 Å². The lowest BCUT2D eigenvalue weighted by molar-refractivity contribution is 0.125. The molecule has 1 nitrogen and oxygen atoms in total. The minimum atomic E-state index is -0.183. The molecule has 3 unspecified atom stereocenters. The van der Waals surface area contributed by atoms with Crippen LogP contribution in [0.1, 0.15) is 46.5 Å².